The highest BCUT2D eigenvalue weighted by molar-refractivity contribution is 7.11. The van der Waals surface area contributed by atoms with Crippen molar-refractivity contribution in [3.05, 3.63) is 45.6 Å². The first kappa shape index (κ1) is 17.8. The van der Waals surface area contributed by atoms with Crippen LogP contribution in [0, 0.1) is 26.7 Å². The lowest BCUT2D eigenvalue weighted by atomic mass is 10.0. The summed E-state index contributed by atoms with van der Waals surface area (Å²) in [6.45, 7) is 7.19. The summed E-state index contributed by atoms with van der Waals surface area (Å²) in [5, 5.41) is 3.97. The van der Waals surface area contributed by atoms with Crippen LogP contribution in [0.3, 0.4) is 0 Å². The number of aryl methyl sites for hydroxylation is 3. The average molecular weight is 383 g/mol. The molecule has 0 aliphatic carbocycles. The molecule has 1 atom stereocenters. The van der Waals surface area contributed by atoms with Crippen LogP contribution in [-0.2, 0) is 6.42 Å². The number of likely N-dealkylation sites (tertiary alicyclic amines) is 1. The summed E-state index contributed by atoms with van der Waals surface area (Å²) in [5.74, 6) is 1.25. The lowest BCUT2D eigenvalue weighted by Crippen LogP contribution is -2.28. The van der Waals surface area contributed by atoms with Gasteiger partial charge in [-0.1, -0.05) is 5.16 Å². The Bertz CT molecular complexity index is 943. The van der Waals surface area contributed by atoms with E-state index in [1.54, 1.807) is 11.7 Å². The minimum Gasteiger partial charge on any atom is -0.361 e. The minimum absolute atomic E-state index is 0.0948. The fraction of sp³-hybridized carbons (Fsp3) is 0.421. The van der Waals surface area contributed by atoms with Crippen LogP contribution >= 0.6 is 11.3 Å². The molecule has 0 bridgehead atoms. The number of amides is 1. The fourth-order valence-corrected chi connectivity index (χ4v) is 4.34. The van der Waals surface area contributed by atoms with Crippen molar-refractivity contribution in [3.63, 3.8) is 0 Å². The average Bonchev–Trinajstić information content (AvgIpc) is 3.37. The molecule has 1 saturated heterocycles. The second-order valence-electron chi connectivity index (χ2n) is 6.97. The zero-order valence-electron chi connectivity index (χ0n) is 15.6. The third-order valence-corrected chi connectivity index (χ3v) is 5.92. The molecule has 8 heteroatoms. The Balaban J connectivity index is 1.40. The summed E-state index contributed by atoms with van der Waals surface area (Å²) >= 11 is 1.41. The Labute approximate surface area is 161 Å². The fourth-order valence-electron chi connectivity index (χ4n) is 3.57. The van der Waals surface area contributed by atoms with Gasteiger partial charge in [-0.3, -0.25) is 14.8 Å². The number of thiazole rings is 1. The molecule has 27 heavy (non-hydrogen) atoms. The lowest BCUT2D eigenvalue weighted by Gasteiger charge is -2.15. The Hall–Kier alpha value is -2.61. The molecule has 3 aromatic heterocycles. The van der Waals surface area contributed by atoms with Crippen LogP contribution in [0.25, 0.3) is 11.3 Å². The number of nitrogens with zero attached hydrogens (tertiary/aromatic N) is 5. The smallest absolute Gasteiger partial charge is 0.265 e. The monoisotopic (exact) mass is 383 g/mol. The van der Waals surface area contributed by atoms with Crippen LogP contribution in [0.1, 0.15) is 38.9 Å². The molecule has 0 radical (unpaired) electrons. The maximum Gasteiger partial charge on any atom is 0.265 e. The molecular weight excluding hydrogens is 362 g/mol. The molecule has 4 rings (SSSR count). The van der Waals surface area contributed by atoms with E-state index in [-0.39, 0.29) is 5.91 Å². The Morgan fingerprint density at radius 1 is 1.22 bits per heavy atom. The van der Waals surface area contributed by atoms with E-state index in [0.29, 0.717) is 5.92 Å². The van der Waals surface area contributed by atoms with Gasteiger partial charge in [0.25, 0.3) is 5.91 Å². The van der Waals surface area contributed by atoms with E-state index in [2.05, 4.69) is 20.1 Å². The standard InChI is InChI=1S/C19H21N5O2S/c1-11-17(13(3)26-23-11)16-8-20-15(7-21-16)6-14-4-5-24(9-14)19(25)18-12(2)22-10-27-18/h7-8,10,14H,4-6,9H2,1-3H3. The van der Waals surface area contributed by atoms with Gasteiger partial charge in [-0.2, -0.15) is 0 Å². The third kappa shape index (κ3) is 3.49. The highest BCUT2D eigenvalue weighted by Crippen LogP contribution is 2.26. The van der Waals surface area contributed by atoms with E-state index in [4.69, 9.17) is 4.52 Å². The number of carbonyl (C=O) groups excluding carboxylic acids is 1. The van der Waals surface area contributed by atoms with E-state index in [1.165, 1.54) is 11.3 Å². The first-order valence-corrected chi connectivity index (χ1v) is 9.84. The van der Waals surface area contributed by atoms with Gasteiger partial charge in [0.2, 0.25) is 0 Å². The van der Waals surface area contributed by atoms with Gasteiger partial charge < -0.3 is 9.42 Å². The van der Waals surface area contributed by atoms with Gasteiger partial charge in [0, 0.05) is 19.3 Å². The molecule has 0 spiro atoms. The summed E-state index contributed by atoms with van der Waals surface area (Å²) in [6, 6.07) is 0. The Kier molecular flexibility index (Phi) is 4.73. The topological polar surface area (TPSA) is 85.0 Å². The van der Waals surface area contributed by atoms with Crippen molar-refractivity contribution < 1.29 is 9.32 Å². The Morgan fingerprint density at radius 3 is 2.70 bits per heavy atom. The van der Waals surface area contributed by atoms with Crippen molar-refractivity contribution in [3.8, 4) is 11.3 Å². The summed E-state index contributed by atoms with van der Waals surface area (Å²) in [7, 11) is 0. The maximum atomic E-state index is 12.6. The zero-order valence-corrected chi connectivity index (χ0v) is 16.4. The quantitative estimate of drug-likeness (QED) is 0.688. The number of rotatable bonds is 4. The number of hydrogen-bond donors (Lipinski definition) is 0. The van der Waals surface area contributed by atoms with Crippen molar-refractivity contribution >= 4 is 17.2 Å². The van der Waals surface area contributed by atoms with Gasteiger partial charge in [-0.15, -0.1) is 11.3 Å². The molecule has 140 valence electrons. The maximum absolute atomic E-state index is 12.6. The SMILES string of the molecule is Cc1ncsc1C(=O)N1CCC(Cc2cnc(-c3c(C)noc3C)cn2)C1. The molecule has 1 aliphatic rings. The van der Waals surface area contributed by atoms with Gasteiger partial charge in [0.1, 0.15) is 10.6 Å². The van der Waals surface area contributed by atoms with E-state index >= 15 is 0 Å². The van der Waals surface area contributed by atoms with E-state index in [0.717, 1.165) is 64.9 Å². The van der Waals surface area contributed by atoms with Crippen LogP contribution in [0.15, 0.2) is 22.4 Å². The summed E-state index contributed by atoms with van der Waals surface area (Å²) < 4.78 is 5.20. The highest BCUT2D eigenvalue weighted by Gasteiger charge is 2.29. The van der Waals surface area contributed by atoms with E-state index in [9.17, 15) is 4.79 Å². The molecule has 0 N–H and O–H groups in total. The van der Waals surface area contributed by atoms with Crippen molar-refractivity contribution in [1.29, 1.82) is 0 Å². The molecule has 1 unspecified atom stereocenters. The highest BCUT2D eigenvalue weighted by atomic mass is 32.1. The van der Waals surface area contributed by atoms with E-state index in [1.807, 2.05) is 31.9 Å². The number of hydrogen-bond acceptors (Lipinski definition) is 7. The second kappa shape index (κ2) is 7.19. The summed E-state index contributed by atoms with van der Waals surface area (Å²) in [4.78, 5) is 28.6. The molecule has 0 aromatic carbocycles. The third-order valence-electron chi connectivity index (χ3n) is 5.01. The second-order valence-corrected chi connectivity index (χ2v) is 7.82. The molecule has 1 aliphatic heterocycles. The van der Waals surface area contributed by atoms with Crippen LogP contribution in [-0.4, -0.2) is 44.0 Å². The van der Waals surface area contributed by atoms with Gasteiger partial charge in [0.15, 0.2) is 0 Å². The lowest BCUT2D eigenvalue weighted by molar-refractivity contribution is 0.0791. The summed E-state index contributed by atoms with van der Waals surface area (Å²) in [5.41, 5.74) is 5.99. The number of carbonyl (C=O) groups is 1. The normalized spacial score (nSPS) is 16.9. The van der Waals surface area contributed by atoms with Crippen molar-refractivity contribution in [2.45, 2.75) is 33.6 Å². The Morgan fingerprint density at radius 2 is 2.07 bits per heavy atom. The van der Waals surface area contributed by atoms with Gasteiger partial charge in [-0.05, 0) is 39.5 Å². The summed E-state index contributed by atoms with van der Waals surface area (Å²) in [6.07, 6.45) is 5.40. The van der Waals surface area contributed by atoms with Crippen LogP contribution < -0.4 is 0 Å². The first-order chi connectivity index (χ1) is 13.0. The molecule has 3 aromatic rings. The molecule has 7 nitrogen and oxygen atoms in total. The van der Waals surface area contributed by atoms with Crippen LogP contribution in [0.4, 0.5) is 0 Å². The molecular formula is C19H21N5O2S. The van der Waals surface area contributed by atoms with Crippen molar-refractivity contribution in [1.82, 2.24) is 25.0 Å². The first-order valence-electron chi connectivity index (χ1n) is 8.96. The van der Waals surface area contributed by atoms with Gasteiger partial charge >= 0.3 is 0 Å². The van der Waals surface area contributed by atoms with Crippen molar-refractivity contribution in [2.75, 3.05) is 13.1 Å². The predicted octanol–water partition coefficient (Wildman–Crippen LogP) is 3.22. The molecule has 1 fully saturated rings. The minimum atomic E-state index is 0.0948. The van der Waals surface area contributed by atoms with Gasteiger partial charge in [0.05, 0.1) is 40.0 Å². The largest absolute Gasteiger partial charge is 0.361 e. The molecule has 0 saturated carbocycles. The molecule has 4 heterocycles. The predicted molar refractivity (Wildman–Crippen MR) is 102 cm³/mol. The zero-order chi connectivity index (χ0) is 19.0. The van der Waals surface area contributed by atoms with Crippen molar-refractivity contribution in [2.24, 2.45) is 5.92 Å². The molecule has 1 amide bonds. The van der Waals surface area contributed by atoms with Crippen LogP contribution in [0.2, 0.25) is 0 Å². The van der Waals surface area contributed by atoms with E-state index < -0.39 is 0 Å². The number of aromatic nitrogens is 4. The van der Waals surface area contributed by atoms with Crippen LogP contribution in [0.5, 0.6) is 0 Å². The van der Waals surface area contributed by atoms with Gasteiger partial charge in [-0.25, -0.2) is 4.98 Å².